The monoisotopic (exact) mass is 329 g/mol. The molecule has 1 aromatic heterocycles. The van der Waals surface area contributed by atoms with Crippen LogP contribution in [0.4, 0.5) is 15.9 Å². The van der Waals surface area contributed by atoms with Gasteiger partial charge in [-0.05, 0) is 38.1 Å². The maximum absolute atomic E-state index is 13.9. The van der Waals surface area contributed by atoms with E-state index in [4.69, 9.17) is 4.74 Å². The number of rotatable bonds is 3. The number of hydrogen-bond donors (Lipinski definition) is 1. The highest BCUT2D eigenvalue weighted by molar-refractivity contribution is 5.99. The van der Waals surface area contributed by atoms with Crippen molar-refractivity contribution >= 4 is 17.4 Å². The van der Waals surface area contributed by atoms with Gasteiger partial charge < -0.3 is 15.0 Å². The summed E-state index contributed by atoms with van der Waals surface area (Å²) in [4.78, 5) is 18.8. The molecule has 1 aliphatic heterocycles. The summed E-state index contributed by atoms with van der Waals surface area (Å²) in [5, 5.41) is 2.92. The van der Waals surface area contributed by atoms with E-state index in [0.29, 0.717) is 24.5 Å². The quantitative estimate of drug-likeness (QED) is 0.939. The molecule has 0 bridgehead atoms. The fraction of sp³-hybridized carbons (Fsp3) is 0.333. The SMILES string of the molecule is C[C@@H]1CN(C(=O)c2cccnc2Nc2ccccc2F)C[C@H](C)O1. The number of nitrogens with zero attached hydrogens (tertiary/aromatic N) is 2. The first-order valence-corrected chi connectivity index (χ1v) is 7.96. The van der Waals surface area contributed by atoms with Gasteiger partial charge in [-0.15, -0.1) is 0 Å². The third-order valence-corrected chi connectivity index (χ3v) is 3.87. The summed E-state index contributed by atoms with van der Waals surface area (Å²) in [6, 6.07) is 9.70. The largest absolute Gasteiger partial charge is 0.372 e. The molecule has 2 atom stereocenters. The number of anilines is 2. The maximum atomic E-state index is 13.9. The van der Waals surface area contributed by atoms with Crippen molar-refractivity contribution in [2.24, 2.45) is 0 Å². The molecule has 0 radical (unpaired) electrons. The zero-order valence-electron chi connectivity index (χ0n) is 13.7. The van der Waals surface area contributed by atoms with Crippen LogP contribution in [0.1, 0.15) is 24.2 Å². The first-order valence-electron chi connectivity index (χ1n) is 7.96. The second kappa shape index (κ2) is 6.97. The van der Waals surface area contributed by atoms with E-state index in [2.05, 4.69) is 10.3 Å². The third kappa shape index (κ3) is 3.54. The van der Waals surface area contributed by atoms with E-state index < -0.39 is 5.82 Å². The Morgan fingerprint density at radius 2 is 1.92 bits per heavy atom. The molecule has 5 nitrogen and oxygen atoms in total. The lowest BCUT2D eigenvalue weighted by atomic mass is 10.1. The molecule has 2 heterocycles. The van der Waals surface area contributed by atoms with Gasteiger partial charge in [0.25, 0.3) is 5.91 Å². The van der Waals surface area contributed by atoms with Crippen LogP contribution >= 0.6 is 0 Å². The minimum absolute atomic E-state index is 0.0163. The number of amides is 1. The highest BCUT2D eigenvalue weighted by Gasteiger charge is 2.28. The smallest absolute Gasteiger partial charge is 0.257 e. The maximum Gasteiger partial charge on any atom is 0.257 e. The van der Waals surface area contributed by atoms with Gasteiger partial charge in [0.2, 0.25) is 0 Å². The van der Waals surface area contributed by atoms with Gasteiger partial charge in [0.05, 0.1) is 23.5 Å². The van der Waals surface area contributed by atoms with Gasteiger partial charge in [-0.25, -0.2) is 9.37 Å². The summed E-state index contributed by atoms with van der Waals surface area (Å²) in [6.45, 7) is 4.93. The molecule has 1 amide bonds. The van der Waals surface area contributed by atoms with E-state index in [0.717, 1.165) is 0 Å². The number of aromatic nitrogens is 1. The Kier molecular flexibility index (Phi) is 4.76. The van der Waals surface area contributed by atoms with E-state index in [-0.39, 0.29) is 23.8 Å². The number of nitrogens with one attached hydrogen (secondary N) is 1. The number of benzene rings is 1. The Hall–Kier alpha value is -2.47. The van der Waals surface area contributed by atoms with Gasteiger partial charge in [0.1, 0.15) is 11.6 Å². The van der Waals surface area contributed by atoms with Crippen molar-refractivity contribution in [2.45, 2.75) is 26.1 Å². The molecule has 0 saturated carbocycles. The number of pyridine rings is 1. The summed E-state index contributed by atoms with van der Waals surface area (Å²) in [5.74, 6) is -0.182. The van der Waals surface area contributed by atoms with Crippen molar-refractivity contribution in [1.29, 1.82) is 0 Å². The summed E-state index contributed by atoms with van der Waals surface area (Å²) in [6.07, 6.45) is 1.54. The molecular weight excluding hydrogens is 309 g/mol. The highest BCUT2D eigenvalue weighted by atomic mass is 19.1. The van der Waals surface area contributed by atoms with E-state index in [1.165, 1.54) is 6.07 Å². The van der Waals surface area contributed by atoms with Crippen molar-refractivity contribution < 1.29 is 13.9 Å². The summed E-state index contributed by atoms with van der Waals surface area (Å²) in [7, 11) is 0. The van der Waals surface area contributed by atoms with Crippen molar-refractivity contribution in [3.8, 4) is 0 Å². The molecule has 6 heteroatoms. The van der Waals surface area contributed by atoms with Crippen LogP contribution in [0.2, 0.25) is 0 Å². The zero-order valence-corrected chi connectivity index (χ0v) is 13.7. The molecule has 3 rings (SSSR count). The van der Waals surface area contributed by atoms with Crippen molar-refractivity contribution in [3.63, 3.8) is 0 Å². The Bertz CT molecular complexity index is 728. The summed E-state index contributed by atoms with van der Waals surface area (Å²) >= 11 is 0. The second-order valence-corrected chi connectivity index (χ2v) is 5.97. The standard InChI is InChI=1S/C18H20FN3O2/c1-12-10-22(11-13(2)24-12)18(23)14-6-5-9-20-17(14)21-16-8-4-3-7-15(16)19/h3-9,12-13H,10-11H2,1-2H3,(H,20,21)/t12-,13+. The average molecular weight is 329 g/mol. The Morgan fingerprint density at radius 3 is 2.62 bits per heavy atom. The average Bonchev–Trinajstić information content (AvgIpc) is 2.56. The first kappa shape index (κ1) is 16.4. The van der Waals surface area contributed by atoms with Crippen LogP contribution in [-0.2, 0) is 4.74 Å². The Balaban J connectivity index is 1.86. The summed E-state index contributed by atoms with van der Waals surface area (Å²) in [5.41, 5.74) is 0.705. The molecule has 0 unspecified atom stereocenters. The lowest BCUT2D eigenvalue weighted by molar-refractivity contribution is -0.0586. The van der Waals surface area contributed by atoms with E-state index in [1.807, 2.05) is 13.8 Å². The number of carbonyl (C=O) groups excluding carboxylic acids is 1. The van der Waals surface area contributed by atoms with Crippen LogP contribution < -0.4 is 5.32 Å². The molecule has 1 aliphatic rings. The van der Waals surface area contributed by atoms with E-state index in [9.17, 15) is 9.18 Å². The fourth-order valence-corrected chi connectivity index (χ4v) is 2.88. The number of ether oxygens (including phenoxy) is 1. The predicted molar refractivity (Wildman–Crippen MR) is 89.8 cm³/mol. The second-order valence-electron chi connectivity index (χ2n) is 5.97. The topological polar surface area (TPSA) is 54.5 Å². The molecule has 1 N–H and O–H groups in total. The Morgan fingerprint density at radius 1 is 1.21 bits per heavy atom. The predicted octanol–water partition coefficient (Wildman–Crippen LogP) is 3.21. The van der Waals surface area contributed by atoms with Gasteiger partial charge >= 0.3 is 0 Å². The number of carbonyl (C=O) groups is 1. The molecule has 1 saturated heterocycles. The highest BCUT2D eigenvalue weighted by Crippen LogP contribution is 2.23. The van der Waals surface area contributed by atoms with E-state index >= 15 is 0 Å². The van der Waals surface area contributed by atoms with Gasteiger partial charge in [0.15, 0.2) is 0 Å². The molecule has 2 aromatic rings. The molecule has 0 aliphatic carbocycles. The minimum Gasteiger partial charge on any atom is -0.372 e. The number of morpholine rings is 1. The van der Waals surface area contributed by atoms with Crippen LogP contribution in [0.25, 0.3) is 0 Å². The van der Waals surface area contributed by atoms with Crippen molar-refractivity contribution in [3.05, 3.63) is 54.0 Å². The molecule has 1 fully saturated rings. The minimum atomic E-state index is -0.393. The number of para-hydroxylation sites is 1. The molecule has 1 aromatic carbocycles. The lowest BCUT2D eigenvalue weighted by Crippen LogP contribution is -2.48. The van der Waals surface area contributed by atoms with Crippen LogP contribution in [0, 0.1) is 5.82 Å². The Labute approximate surface area is 140 Å². The van der Waals surface area contributed by atoms with Gasteiger partial charge in [-0.2, -0.15) is 0 Å². The van der Waals surface area contributed by atoms with Gasteiger partial charge in [-0.3, -0.25) is 4.79 Å². The van der Waals surface area contributed by atoms with Gasteiger partial charge in [0, 0.05) is 19.3 Å². The number of halogens is 1. The fourth-order valence-electron chi connectivity index (χ4n) is 2.88. The number of hydrogen-bond acceptors (Lipinski definition) is 4. The van der Waals surface area contributed by atoms with E-state index in [1.54, 1.807) is 41.4 Å². The molecular formula is C18H20FN3O2. The van der Waals surface area contributed by atoms with Crippen LogP contribution in [0.3, 0.4) is 0 Å². The zero-order chi connectivity index (χ0) is 17.1. The normalized spacial score (nSPS) is 20.7. The molecule has 0 spiro atoms. The lowest BCUT2D eigenvalue weighted by Gasteiger charge is -2.35. The first-order chi connectivity index (χ1) is 11.5. The van der Waals surface area contributed by atoms with Crippen molar-refractivity contribution in [2.75, 3.05) is 18.4 Å². The van der Waals surface area contributed by atoms with Crippen LogP contribution in [0.5, 0.6) is 0 Å². The van der Waals surface area contributed by atoms with Crippen LogP contribution in [-0.4, -0.2) is 41.1 Å². The van der Waals surface area contributed by atoms with Crippen LogP contribution in [0.15, 0.2) is 42.6 Å². The third-order valence-electron chi connectivity index (χ3n) is 3.87. The molecule has 24 heavy (non-hydrogen) atoms. The van der Waals surface area contributed by atoms with Gasteiger partial charge in [-0.1, -0.05) is 12.1 Å². The summed E-state index contributed by atoms with van der Waals surface area (Å²) < 4.78 is 19.5. The molecule has 126 valence electrons. The van der Waals surface area contributed by atoms with Crippen molar-refractivity contribution in [1.82, 2.24) is 9.88 Å².